The van der Waals surface area contributed by atoms with Gasteiger partial charge in [-0.2, -0.15) is 0 Å². The van der Waals surface area contributed by atoms with Crippen LogP contribution >= 0.6 is 11.6 Å². The molecule has 1 aromatic heterocycles. The third-order valence-electron chi connectivity index (χ3n) is 3.66. The summed E-state index contributed by atoms with van der Waals surface area (Å²) in [7, 11) is 0. The Kier molecular flexibility index (Phi) is 5.55. The Morgan fingerprint density at radius 3 is 2.00 bits per heavy atom. The van der Waals surface area contributed by atoms with Crippen molar-refractivity contribution in [2.24, 2.45) is 0 Å². The van der Waals surface area contributed by atoms with Crippen molar-refractivity contribution in [1.29, 1.82) is 0 Å². The number of carbonyl (C=O) groups is 2. The molecule has 2 amide bonds. The standard InChI is InChI=1S/C18H8ClF5N2O3/c19-8-6-7(3-4-9(8)26-17(27)10-2-1-5-29-10)25-18(28)11-12(20)14(22)16(24)15(23)13(11)21/h1-6H,(H,25,28)(H,26,27). The van der Waals surface area contributed by atoms with Gasteiger partial charge in [0.15, 0.2) is 29.0 Å². The second-order valence-electron chi connectivity index (χ2n) is 5.53. The molecule has 0 saturated heterocycles. The maximum Gasteiger partial charge on any atom is 0.291 e. The smallest absolute Gasteiger partial charge is 0.291 e. The molecular weight excluding hydrogens is 423 g/mol. The van der Waals surface area contributed by atoms with E-state index in [0.29, 0.717) is 0 Å². The molecule has 1 heterocycles. The van der Waals surface area contributed by atoms with Crippen molar-refractivity contribution in [3.8, 4) is 0 Å². The number of furan rings is 1. The zero-order valence-electron chi connectivity index (χ0n) is 14.0. The highest BCUT2D eigenvalue weighted by Gasteiger charge is 2.29. The summed E-state index contributed by atoms with van der Waals surface area (Å²) in [6.45, 7) is 0. The molecule has 0 spiro atoms. The van der Waals surface area contributed by atoms with E-state index in [1.807, 2.05) is 5.32 Å². The van der Waals surface area contributed by atoms with E-state index in [1.54, 1.807) is 0 Å². The molecule has 0 atom stereocenters. The van der Waals surface area contributed by atoms with Crippen molar-refractivity contribution < 1.29 is 36.0 Å². The van der Waals surface area contributed by atoms with Crippen LogP contribution in [0, 0.1) is 29.1 Å². The lowest BCUT2D eigenvalue weighted by Crippen LogP contribution is -2.19. The molecule has 2 aromatic carbocycles. The van der Waals surface area contributed by atoms with Crippen molar-refractivity contribution in [1.82, 2.24) is 0 Å². The Morgan fingerprint density at radius 1 is 0.828 bits per heavy atom. The van der Waals surface area contributed by atoms with E-state index in [-0.39, 0.29) is 22.2 Å². The van der Waals surface area contributed by atoms with E-state index in [4.69, 9.17) is 16.0 Å². The largest absolute Gasteiger partial charge is 0.459 e. The van der Waals surface area contributed by atoms with Crippen LogP contribution in [0.4, 0.5) is 33.3 Å². The van der Waals surface area contributed by atoms with Gasteiger partial charge in [-0.25, -0.2) is 22.0 Å². The van der Waals surface area contributed by atoms with Gasteiger partial charge in [-0.3, -0.25) is 9.59 Å². The van der Waals surface area contributed by atoms with Crippen LogP contribution in [-0.2, 0) is 0 Å². The fourth-order valence-electron chi connectivity index (χ4n) is 2.28. The number of carbonyl (C=O) groups excluding carboxylic acids is 2. The number of nitrogens with one attached hydrogen (secondary N) is 2. The van der Waals surface area contributed by atoms with Crippen molar-refractivity contribution in [3.05, 3.63) is 82.0 Å². The molecule has 5 nitrogen and oxygen atoms in total. The van der Waals surface area contributed by atoms with Crippen LogP contribution in [0.1, 0.15) is 20.9 Å². The summed E-state index contributed by atoms with van der Waals surface area (Å²) in [4.78, 5) is 24.0. The summed E-state index contributed by atoms with van der Waals surface area (Å²) in [6.07, 6.45) is 1.29. The topological polar surface area (TPSA) is 71.3 Å². The lowest BCUT2D eigenvalue weighted by atomic mass is 10.1. The Bertz CT molecular complexity index is 1090. The molecule has 150 valence electrons. The van der Waals surface area contributed by atoms with Crippen molar-refractivity contribution in [2.45, 2.75) is 0 Å². The number of benzene rings is 2. The second kappa shape index (κ2) is 7.92. The molecular formula is C18H8ClF5N2O3. The molecule has 0 aliphatic rings. The highest BCUT2D eigenvalue weighted by atomic mass is 35.5. The maximum absolute atomic E-state index is 13.7. The third kappa shape index (κ3) is 3.92. The van der Waals surface area contributed by atoms with Crippen LogP contribution in [0.5, 0.6) is 0 Å². The van der Waals surface area contributed by atoms with Gasteiger partial charge < -0.3 is 15.1 Å². The van der Waals surface area contributed by atoms with Crippen molar-refractivity contribution in [3.63, 3.8) is 0 Å². The molecule has 3 aromatic rings. The van der Waals surface area contributed by atoms with Gasteiger partial charge in [0.05, 0.1) is 17.0 Å². The minimum atomic E-state index is -2.38. The first-order chi connectivity index (χ1) is 13.7. The Hall–Kier alpha value is -3.40. The van der Waals surface area contributed by atoms with Crippen molar-refractivity contribution >= 4 is 34.8 Å². The van der Waals surface area contributed by atoms with E-state index < -0.39 is 46.5 Å². The Balaban J connectivity index is 1.82. The first-order valence-electron chi connectivity index (χ1n) is 7.68. The van der Waals surface area contributed by atoms with Gasteiger partial charge in [0.1, 0.15) is 5.56 Å². The summed E-state index contributed by atoms with van der Waals surface area (Å²) in [6, 6.07) is 6.44. The summed E-state index contributed by atoms with van der Waals surface area (Å²) >= 11 is 5.98. The monoisotopic (exact) mass is 430 g/mol. The molecule has 0 aliphatic carbocycles. The minimum absolute atomic E-state index is 0.00441. The van der Waals surface area contributed by atoms with E-state index in [0.717, 1.165) is 6.07 Å². The number of amides is 2. The van der Waals surface area contributed by atoms with E-state index in [2.05, 4.69) is 5.32 Å². The Labute approximate surface area is 164 Å². The van der Waals surface area contributed by atoms with Gasteiger partial charge in [0, 0.05) is 5.69 Å². The fraction of sp³-hybridized carbons (Fsp3) is 0. The Morgan fingerprint density at radius 2 is 1.45 bits per heavy atom. The van der Waals surface area contributed by atoms with Gasteiger partial charge in [-0.05, 0) is 30.3 Å². The molecule has 11 heteroatoms. The molecule has 0 unspecified atom stereocenters. The number of halogens is 6. The number of hydrogen-bond acceptors (Lipinski definition) is 3. The first-order valence-corrected chi connectivity index (χ1v) is 8.05. The number of rotatable bonds is 4. The maximum atomic E-state index is 13.7. The van der Waals surface area contributed by atoms with E-state index in [9.17, 15) is 31.5 Å². The van der Waals surface area contributed by atoms with Crippen LogP contribution in [-0.4, -0.2) is 11.8 Å². The number of hydrogen-bond donors (Lipinski definition) is 2. The van der Waals surface area contributed by atoms with Crippen LogP contribution in [0.15, 0.2) is 41.0 Å². The molecule has 2 N–H and O–H groups in total. The minimum Gasteiger partial charge on any atom is -0.459 e. The van der Waals surface area contributed by atoms with Gasteiger partial charge in [0.2, 0.25) is 5.82 Å². The normalized spacial score (nSPS) is 10.7. The quantitative estimate of drug-likeness (QED) is 0.342. The second-order valence-corrected chi connectivity index (χ2v) is 5.93. The lowest BCUT2D eigenvalue weighted by molar-refractivity contribution is 0.0993. The zero-order chi connectivity index (χ0) is 21.3. The lowest BCUT2D eigenvalue weighted by Gasteiger charge is -2.11. The van der Waals surface area contributed by atoms with Crippen LogP contribution in [0.25, 0.3) is 0 Å². The zero-order valence-corrected chi connectivity index (χ0v) is 14.7. The fourth-order valence-corrected chi connectivity index (χ4v) is 2.51. The van der Waals surface area contributed by atoms with Crippen LogP contribution in [0.3, 0.4) is 0 Å². The van der Waals surface area contributed by atoms with Gasteiger partial charge >= 0.3 is 0 Å². The summed E-state index contributed by atoms with van der Waals surface area (Å²) < 4.78 is 71.9. The molecule has 0 radical (unpaired) electrons. The highest BCUT2D eigenvalue weighted by Crippen LogP contribution is 2.28. The van der Waals surface area contributed by atoms with Gasteiger partial charge in [-0.15, -0.1) is 0 Å². The molecule has 3 rings (SSSR count). The van der Waals surface area contributed by atoms with E-state index >= 15 is 0 Å². The summed E-state index contributed by atoms with van der Waals surface area (Å²) in [5, 5.41) is 4.32. The van der Waals surface area contributed by atoms with Gasteiger partial charge in [0.25, 0.3) is 11.8 Å². The summed E-state index contributed by atoms with van der Waals surface area (Å²) in [5.74, 6) is -13.6. The molecule has 0 aliphatic heterocycles. The molecule has 0 bridgehead atoms. The van der Waals surface area contributed by atoms with E-state index in [1.165, 1.54) is 30.5 Å². The SMILES string of the molecule is O=C(Nc1ccc(NC(=O)c2c(F)c(F)c(F)c(F)c2F)cc1Cl)c1ccco1. The summed E-state index contributed by atoms with van der Waals surface area (Å²) in [5.41, 5.74) is -1.66. The molecule has 29 heavy (non-hydrogen) atoms. The van der Waals surface area contributed by atoms with Crippen LogP contribution < -0.4 is 10.6 Å². The van der Waals surface area contributed by atoms with Gasteiger partial charge in [-0.1, -0.05) is 11.6 Å². The number of anilines is 2. The van der Waals surface area contributed by atoms with Crippen LogP contribution in [0.2, 0.25) is 5.02 Å². The predicted octanol–water partition coefficient (Wildman–Crippen LogP) is 5.13. The average molecular weight is 431 g/mol. The first kappa shape index (κ1) is 20.3. The van der Waals surface area contributed by atoms with Crippen molar-refractivity contribution in [2.75, 3.05) is 10.6 Å². The molecule has 0 saturated carbocycles. The predicted molar refractivity (Wildman–Crippen MR) is 92.3 cm³/mol. The highest BCUT2D eigenvalue weighted by molar-refractivity contribution is 6.34. The third-order valence-corrected chi connectivity index (χ3v) is 3.97. The molecule has 0 fully saturated rings. The average Bonchev–Trinajstić information content (AvgIpc) is 3.22.